The molecule has 3 rings (SSSR count). The Hall–Kier alpha value is -1.99. The van der Waals surface area contributed by atoms with Gasteiger partial charge in [-0.05, 0) is 67.8 Å². The first-order valence-corrected chi connectivity index (χ1v) is 12.1. The highest BCUT2D eigenvalue weighted by Gasteiger charge is 2.25. The third-order valence-corrected chi connectivity index (χ3v) is 7.23. The zero-order chi connectivity index (χ0) is 20.3. The molecule has 1 saturated heterocycles. The molecule has 1 heterocycles. The number of sulfonamides is 1. The number of benzene rings is 2. The molecule has 1 fully saturated rings. The maximum absolute atomic E-state index is 13.1. The monoisotopic (exact) mass is 418 g/mol. The normalized spacial score (nSPS) is 15.5. The molecule has 150 valence electrons. The number of nitrogens with zero attached hydrogens (tertiary/aromatic N) is 1. The van der Waals surface area contributed by atoms with Crippen molar-refractivity contribution in [1.29, 1.82) is 0 Å². The van der Waals surface area contributed by atoms with E-state index in [-0.39, 0.29) is 10.8 Å². The molecule has 1 aliphatic heterocycles. The van der Waals surface area contributed by atoms with Crippen molar-refractivity contribution in [1.82, 2.24) is 4.90 Å². The summed E-state index contributed by atoms with van der Waals surface area (Å²) in [6.45, 7) is 5.53. The van der Waals surface area contributed by atoms with E-state index in [0.717, 1.165) is 23.3 Å². The van der Waals surface area contributed by atoms with Crippen molar-refractivity contribution in [3.63, 3.8) is 0 Å². The number of hydrogen-bond acceptors (Lipinski definition) is 4. The first kappa shape index (κ1) is 20.7. The largest absolute Gasteiger partial charge is 0.339 e. The number of carbonyl (C=O) groups is 1. The highest BCUT2D eigenvalue weighted by atomic mass is 32.2. The molecule has 0 bridgehead atoms. The minimum absolute atomic E-state index is 0.0937. The van der Waals surface area contributed by atoms with Crippen molar-refractivity contribution >= 4 is 33.4 Å². The van der Waals surface area contributed by atoms with Gasteiger partial charge in [0.2, 0.25) is 0 Å². The number of rotatable bonds is 5. The number of likely N-dealkylation sites (tertiary alicyclic amines) is 1. The van der Waals surface area contributed by atoms with Gasteiger partial charge in [0.15, 0.2) is 0 Å². The smallest absolute Gasteiger partial charge is 0.261 e. The summed E-state index contributed by atoms with van der Waals surface area (Å²) in [6.07, 6.45) is 3.85. The third-order valence-electron chi connectivity index (χ3n) is 5.05. The molecule has 0 saturated carbocycles. The summed E-state index contributed by atoms with van der Waals surface area (Å²) in [5.41, 5.74) is 1.93. The number of anilines is 1. The van der Waals surface area contributed by atoms with Gasteiger partial charge >= 0.3 is 0 Å². The third kappa shape index (κ3) is 4.70. The second-order valence-corrected chi connectivity index (χ2v) is 9.84. The fraction of sp³-hybridized carbons (Fsp3) is 0.381. The molecular formula is C21H26N2O3S2. The molecule has 0 radical (unpaired) electrons. The summed E-state index contributed by atoms with van der Waals surface area (Å²) < 4.78 is 28.3. The van der Waals surface area contributed by atoms with E-state index >= 15 is 0 Å². The van der Waals surface area contributed by atoms with Gasteiger partial charge in [0, 0.05) is 23.7 Å². The summed E-state index contributed by atoms with van der Waals surface area (Å²) in [6, 6.07) is 12.0. The number of carbonyl (C=O) groups excluding carboxylic acids is 1. The summed E-state index contributed by atoms with van der Waals surface area (Å²) in [7, 11) is -3.78. The van der Waals surface area contributed by atoms with E-state index in [1.54, 1.807) is 30.3 Å². The lowest BCUT2D eigenvalue weighted by Crippen LogP contribution is -2.38. The zero-order valence-electron chi connectivity index (χ0n) is 16.4. The van der Waals surface area contributed by atoms with Gasteiger partial charge in [-0.3, -0.25) is 9.52 Å². The molecule has 2 aromatic rings. The van der Waals surface area contributed by atoms with Gasteiger partial charge in [-0.25, -0.2) is 8.42 Å². The number of piperidine rings is 1. The number of nitrogens with one attached hydrogen (secondary N) is 1. The van der Waals surface area contributed by atoms with E-state index in [0.29, 0.717) is 30.3 Å². The highest BCUT2D eigenvalue weighted by molar-refractivity contribution is 7.98. The molecule has 0 aliphatic carbocycles. The summed E-state index contributed by atoms with van der Waals surface area (Å²) in [5, 5.41) is 0. The molecule has 1 aliphatic rings. The van der Waals surface area contributed by atoms with Crippen LogP contribution in [0.1, 0.15) is 35.7 Å². The molecule has 1 N–H and O–H groups in total. The summed E-state index contributed by atoms with van der Waals surface area (Å²) in [4.78, 5) is 15.8. The van der Waals surface area contributed by atoms with Crippen LogP contribution in [-0.4, -0.2) is 38.6 Å². The average molecular weight is 419 g/mol. The zero-order valence-corrected chi connectivity index (χ0v) is 18.1. The van der Waals surface area contributed by atoms with Crippen LogP contribution in [0.2, 0.25) is 0 Å². The molecule has 28 heavy (non-hydrogen) atoms. The van der Waals surface area contributed by atoms with E-state index in [1.807, 2.05) is 24.1 Å². The van der Waals surface area contributed by atoms with Gasteiger partial charge in [-0.2, -0.15) is 0 Å². The number of thioether (sulfide) groups is 1. The molecule has 0 spiro atoms. The summed E-state index contributed by atoms with van der Waals surface area (Å²) in [5.74, 6) is 0.526. The first-order chi connectivity index (χ1) is 13.3. The molecule has 2 aromatic carbocycles. The second-order valence-electron chi connectivity index (χ2n) is 7.31. The first-order valence-electron chi connectivity index (χ1n) is 9.37. The van der Waals surface area contributed by atoms with Crippen molar-refractivity contribution in [3.05, 3.63) is 53.6 Å². The van der Waals surface area contributed by atoms with Crippen LogP contribution >= 0.6 is 11.8 Å². The fourth-order valence-electron chi connectivity index (χ4n) is 3.33. The van der Waals surface area contributed by atoms with Gasteiger partial charge in [-0.15, -0.1) is 11.8 Å². The van der Waals surface area contributed by atoms with E-state index in [9.17, 15) is 13.2 Å². The molecule has 0 atom stereocenters. The Balaban J connectivity index is 1.90. The lowest BCUT2D eigenvalue weighted by atomic mass is 9.98. The molecule has 7 heteroatoms. The Labute approximate surface area is 171 Å². The highest BCUT2D eigenvalue weighted by Crippen LogP contribution is 2.28. The van der Waals surface area contributed by atoms with Crippen molar-refractivity contribution in [2.24, 2.45) is 5.92 Å². The van der Waals surface area contributed by atoms with Crippen LogP contribution in [0.3, 0.4) is 0 Å². The average Bonchev–Trinajstić information content (AvgIpc) is 2.67. The molecule has 1 amide bonds. The Morgan fingerprint density at radius 2 is 1.86 bits per heavy atom. The predicted molar refractivity (Wildman–Crippen MR) is 115 cm³/mol. The van der Waals surface area contributed by atoms with Crippen molar-refractivity contribution in [2.45, 2.75) is 36.5 Å². The Morgan fingerprint density at radius 1 is 1.14 bits per heavy atom. The minimum atomic E-state index is -3.78. The van der Waals surface area contributed by atoms with Gasteiger partial charge < -0.3 is 4.90 Å². The number of amides is 1. The van der Waals surface area contributed by atoms with E-state index in [1.165, 1.54) is 17.8 Å². The quantitative estimate of drug-likeness (QED) is 0.732. The number of aryl methyl sites for hydroxylation is 1. The van der Waals surface area contributed by atoms with E-state index in [2.05, 4.69) is 11.6 Å². The molecule has 0 aromatic heterocycles. The van der Waals surface area contributed by atoms with Crippen molar-refractivity contribution in [2.75, 3.05) is 24.1 Å². The van der Waals surface area contributed by atoms with E-state index < -0.39 is 10.0 Å². The van der Waals surface area contributed by atoms with Gasteiger partial charge in [0.05, 0.1) is 10.5 Å². The van der Waals surface area contributed by atoms with Crippen LogP contribution in [0, 0.1) is 12.8 Å². The molecular weight excluding hydrogens is 392 g/mol. The van der Waals surface area contributed by atoms with Gasteiger partial charge in [-0.1, -0.05) is 19.1 Å². The van der Waals surface area contributed by atoms with Crippen molar-refractivity contribution < 1.29 is 13.2 Å². The topological polar surface area (TPSA) is 66.5 Å². The molecule has 0 unspecified atom stereocenters. The fourth-order valence-corrected chi connectivity index (χ4v) is 4.97. The summed E-state index contributed by atoms with van der Waals surface area (Å²) >= 11 is 1.45. The Bertz CT molecular complexity index is 965. The second kappa shape index (κ2) is 8.57. The van der Waals surface area contributed by atoms with E-state index in [4.69, 9.17) is 0 Å². The van der Waals surface area contributed by atoms with Crippen LogP contribution in [0.25, 0.3) is 0 Å². The molecule has 5 nitrogen and oxygen atoms in total. The Kier molecular flexibility index (Phi) is 6.35. The maximum Gasteiger partial charge on any atom is 0.261 e. The Morgan fingerprint density at radius 3 is 2.50 bits per heavy atom. The predicted octanol–water partition coefficient (Wildman–Crippen LogP) is 4.39. The van der Waals surface area contributed by atoms with Crippen LogP contribution < -0.4 is 4.72 Å². The standard InChI is InChI=1S/C21H26N2O3S2/c1-15-9-11-23(12-10-15)21(24)19-14-18(7-8-20(19)27-3)28(25,26)22-17-6-4-5-16(2)13-17/h4-8,13-15,22H,9-12H2,1-3H3. The SMILES string of the molecule is CSc1ccc(S(=O)(=O)Nc2cccc(C)c2)cc1C(=O)N1CCC(C)CC1. The van der Waals surface area contributed by atoms with Gasteiger partial charge in [0.25, 0.3) is 15.9 Å². The lowest BCUT2D eigenvalue weighted by Gasteiger charge is -2.30. The number of hydrogen-bond donors (Lipinski definition) is 1. The van der Waals surface area contributed by atoms with Crippen LogP contribution in [0.5, 0.6) is 0 Å². The van der Waals surface area contributed by atoms with Crippen molar-refractivity contribution in [3.8, 4) is 0 Å². The minimum Gasteiger partial charge on any atom is -0.339 e. The van der Waals surface area contributed by atoms with Crippen LogP contribution in [0.4, 0.5) is 5.69 Å². The van der Waals surface area contributed by atoms with Crippen LogP contribution in [0.15, 0.2) is 52.3 Å². The van der Waals surface area contributed by atoms with Crippen LogP contribution in [-0.2, 0) is 10.0 Å². The lowest BCUT2D eigenvalue weighted by molar-refractivity contribution is 0.0693. The van der Waals surface area contributed by atoms with Gasteiger partial charge in [0.1, 0.15) is 0 Å². The maximum atomic E-state index is 13.1.